The van der Waals surface area contributed by atoms with Gasteiger partial charge in [-0.15, -0.1) is 24.8 Å². The number of halogens is 2. The fraction of sp³-hybridized carbons (Fsp3) is 0.667. The third-order valence-corrected chi connectivity index (χ3v) is 2.90. The van der Waals surface area contributed by atoms with Crippen LogP contribution in [0.2, 0.25) is 0 Å². The van der Waals surface area contributed by atoms with Gasteiger partial charge in [0.05, 0.1) is 0 Å². The smallest absolute Gasteiger partial charge is 0.218 e. The van der Waals surface area contributed by atoms with E-state index in [0.717, 1.165) is 12.8 Å². The molecule has 2 unspecified atom stereocenters. The monoisotopic (exact) mass is 384 g/mol. The second-order valence-electron chi connectivity index (χ2n) is 5.12. The first-order valence-corrected chi connectivity index (χ1v) is 7.05. The first kappa shape index (κ1) is 26.9. The summed E-state index contributed by atoms with van der Waals surface area (Å²) in [5, 5.41) is 9.51. The van der Waals surface area contributed by atoms with E-state index in [9.17, 15) is 0 Å². The van der Waals surface area contributed by atoms with Crippen LogP contribution in [0, 0.1) is 17.2 Å². The molecule has 2 atom stereocenters. The second-order valence-corrected chi connectivity index (χ2v) is 5.12. The molecule has 0 rings (SSSR count). The molecule has 0 spiro atoms. The lowest BCUT2D eigenvalue weighted by molar-refractivity contribution is 0.393. The highest BCUT2D eigenvalue weighted by Gasteiger charge is 2.11. The molecule has 142 valence electrons. The summed E-state index contributed by atoms with van der Waals surface area (Å²) in [5.74, 6) is 0.536. The van der Waals surface area contributed by atoms with E-state index in [0.29, 0.717) is 24.9 Å². The van der Waals surface area contributed by atoms with Gasteiger partial charge in [0, 0.05) is 13.1 Å². The Morgan fingerprint density at radius 3 is 2.08 bits per heavy atom. The number of guanidine groups is 4. The fourth-order valence-electron chi connectivity index (χ4n) is 1.84. The van der Waals surface area contributed by atoms with Gasteiger partial charge in [0.15, 0.2) is 17.9 Å². The van der Waals surface area contributed by atoms with E-state index >= 15 is 0 Å². The lowest BCUT2D eigenvalue weighted by Crippen LogP contribution is -2.41. The summed E-state index contributed by atoms with van der Waals surface area (Å²) in [7, 11) is 0. The van der Waals surface area contributed by atoms with Crippen molar-refractivity contribution >= 4 is 48.7 Å². The molecule has 12 heteroatoms. The average Bonchev–Trinajstić information content (AvgIpc) is 2.39. The molecule has 0 bridgehead atoms. The number of hydrogen-bond donors (Lipinski definition) is 7. The van der Waals surface area contributed by atoms with Gasteiger partial charge in [0.1, 0.15) is 0 Å². The van der Waals surface area contributed by atoms with E-state index in [1.807, 2.05) is 0 Å². The molecule has 0 fully saturated rings. The van der Waals surface area contributed by atoms with Gasteiger partial charge in [0.25, 0.3) is 0 Å². The maximum atomic E-state index is 7.06. The molecule has 0 aromatic carbocycles. The zero-order valence-electron chi connectivity index (χ0n) is 14.0. The van der Waals surface area contributed by atoms with E-state index < -0.39 is 0 Å². The van der Waals surface area contributed by atoms with E-state index in [1.165, 1.54) is 0 Å². The normalized spacial score (nSPS) is 13.8. The summed E-state index contributed by atoms with van der Waals surface area (Å²) in [6.07, 6.45) is 1.86. The summed E-state index contributed by atoms with van der Waals surface area (Å²) in [6.45, 7) is 5.23. The van der Waals surface area contributed by atoms with Crippen molar-refractivity contribution in [2.45, 2.75) is 26.7 Å². The van der Waals surface area contributed by atoms with Crippen molar-refractivity contribution in [3.05, 3.63) is 0 Å². The van der Waals surface area contributed by atoms with Crippen molar-refractivity contribution in [1.29, 1.82) is 5.41 Å². The lowest BCUT2D eigenvalue weighted by Gasteiger charge is -2.17. The van der Waals surface area contributed by atoms with Crippen molar-refractivity contribution in [3.8, 4) is 0 Å². The van der Waals surface area contributed by atoms with Crippen LogP contribution < -0.4 is 34.0 Å². The largest absolute Gasteiger partial charge is 0.370 e. The molecule has 0 heterocycles. The number of nitrogens with zero attached hydrogens (tertiary/aromatic N) is 3. The third kappa shape index (κ3) is 15.0. The Bertz CT molecular complexity index is 445. The Labute approximate surface area is 155 Å². The number of nitrogens with one attached hydrogen (secondary N) is 2. The third-order valence-electron chi connectivity index (χ3n) is 2.90. The molecule has 0 saturated carbocycles. The quantitative estimate of drug-likeness (QED) is 0.222. The van der Waals surface area contributed by atoms with Crippen LogP contribution in [-0.2, 0) is 0 Å². The van der Waals surface area contributed by atoms with Gasteiger partial charge < -0.3 is 28.7 Å². The van der Waals surface area contributed by atoms with Crippen LogP contribution in [0.4, 0.5) is 0 Å². The maximum absolute atomic E-state index is 7.06. The highest BCUT2D eigenvalue weighted by Crippen LogP contribution is 2.16. The molecule has 0 aliphatic heterocycles. The van der Waals surface area contributed by atoms with Crippen LogP contribution in [0.15, 0.2) is 15.0 Å². The van der Waals surface area contributed by atoms with Gasteiger partial charge in [-0.05, 0) is 18.3 Å². The number of rotatable bonds is 7. The summed E-state index contributed by atoms with van der Waals surface area (Å²) >= 11 is 0. The summed E-state index contributed by atoms with van der Waals surface area (Å²) in [4.78, 5) is 11.9. The minimum absolute atomic E-state index is 0. The molecule has 0 aromatic heterocycles. The van der Waals surface area contributed by atoms with Crippen LogP contribution in [0.5, 0.6) is 0 Å². The van der Waals surface area contributed by atoms with E-state index in [2.05, 4.69) is 34.1 Å². The van der Waals surface area contributed by atoms with Gasteiger partial charge in [-0.1, -0.05) is 20.3 Å². The summed E-state index contributed by atoms with van der Waals surface area (Å²) < 4.78 is 0. The van der Waals surface area contributed by atoms with E-state index in [1.54, 1.807) is 0 Å². The Kier molecular flexibility index (Phi) is 16.4. The van der Waals surface area contributed by atoms with Crippen LogP contribution in [-0.4, -0.2) is 36.9 Å². The number of aliphatic imine (C=N–C) groups is 3. The molecule has 0 aliphatic rings. The summed E-state index contributed by atoms with van der Waals surface area (Å²) in [5.41, 5.74) is 26.8. The minimum atomic E-state index is -0.229. The van der Waals surface area contributed by atoms with E-state index in [4.69, 9.17) is 34.1 Å². The lowest BCUT2D eigenvalue weighted by atomic mass is 9.94. The number of nitrogens with two attached hydrogens (primary N) is 5. The molecule has 0 aromatic rings. The molecular weight excluding hydrogens is 355 g/mol. The van der Waals surface area contributed by atoms with Crippen LogP contribution in [0.1, 0.15) is 26.7 Å². The topological polar surface area (TPSA) is 203 Å². The van der Waals surface area contributed by atoms with Gasteiger partial charge in [-0.3, -0.25) is 20.7 Å². The molecule has 12 N–H and O–H groups in total. The van der Waals surface area contributed by atoms with Crippen molar-refractivity contribution < 1.29 is 0 Å². The molecule has 24 heavy (non-hydrogen) atoms. The molecule has 0 aliphatic carbocycles. The summed E-state index contributed by atoms with van der Waals surface area (Å²) in [6, 6.07) is 0. The van der Waals surface area contributed by atoms with Crippen molar-refractivity contribution in [2.75, 3.05) is 13.1 Å². The standard InChI is InChI=1S/C12H28N10.2ClH/c1-3-8(6-20-12(18)22-10(15)16)4-7(2)5-19-11(17)21-9(13)14;;/h7-8H,3-6H2,1-2H3,(H6,13,14,17,19,21)(H6,15,16,18,20,22);2*1H. The minimum Gasteiger partial charge on any atom is -0.370 e. The zero-order chi connectivity index (χ0) is 17.1. The highest BCUT2D eigenvalue weighted by atomic mass is 35.5. The van der Waals surface area contributed by atoms with Crippen molar-refractivity contribution in [2.24, 2.45) is 55.5 Å². The van der Waals surface area contributed by atoms with E-state index in [-0.39, 0.29) is 48.7 Å². The SMILES string of the molecule is CCC(CN=C(N)NC(=N)N)CC(C)CN=C(N)N=C(N)N.Cl.Cl. The van der Waals surface area contributed by atoms with Gasteiger partial charge in [-0.2, -0.15) is 4.99 Å². The Morgan fingerprint density at radius 2 is 1.62 bits per heavy atom. The second kappa shape index (κ2) is 14.6. The van der Waals surface area contributed by atoms with Gasteiger partial charge >= 0.3 is 0 Å². The van der Waals surface area contributed by atoms with Crippen LogP contribution in [0.25, 0.3) is 0 Å². The molecular formula is C12H30Cl2N10. The Morgan fingerprint density at radius 1 is 1.04 bits per heavy atom. The molecule has 10 nitrogen and oxygen atoms in total. The number of hydrogen-bond acceptors (Lipinski definition) is 3. The maximum Gasteiger partial charge on any atom is 0.218 e. The average molecular weight is 385 g/mol. The van der Waals surface area contributed by atoms with Crippen molar-refractivity contribution in [1.82, 2.24) is 5.32 Å². The molecule has 0 amide bonds. The fourth-order valence-corrected chi connectivity index (χ4v) is 1.84. The zero-order valence-corrected chi connectivity index (χ0v) is 15.7. The first-order chi connectivity index (χ1) is 10.2. The Balaban J connectivity index is -0.00000220. The van der Waals surface area contributed by atoms with Crippen molar-refractivity contribution in [3.63, 3.8) is 0 Å². The predicted octanol–water partition coefficient (Wildman–Crippen LogP) is -0.732. The van der Waals surface area contributed by atoms with Crippen LogP contribution in [0.3, 0.4) is 0 Å². The predicted molar refractivity (Wildman–Crippen MR) is 106 cm³/mol. The van der Waals surface area contributed by atoms with Gasteiger partial charge in [-0.25, -0.2) is 0 Å². The molecule has 0 saturated heterocycles. The highest BCUT2D eigenvalue weighted by molar-refractivity contribution is 5.95. The van der Waals surface area contributed by atoms with Crippen LogP contribution >= 0.6 is 24.8 Å². The molecule has 0 radical (unpaired) electrons. The Hall–Kier alpha value is -1.94. The first-order valence-electron chi connectivity index (χ1n) is 7.05. The van der Waals surface area contributed by atoms with Gasteiger partial charge in [0.2, 0.25) is 5.96 Å².